The number of likely N-dealkylation sites (N-methyl/N-ethyl adjacent to an activating group) is 1. The van der Waals surface area contributed by atoms with Gasteiger partial charge < -0.3 is 10.1 Å². The summed E-state index contributed by atoms with van der Waals surface area (Å²) in [6.07, 6.45) is -0.740. The Balaban J connectivity index is 1.72. The summed E-state index contributed by atoms with van der Waals surface area (Å²) in [6.45, 7) is 2.00. The highest BCUT2D eigenvalue weighted by atomic mass is 32.2. The molecule has 148 valence electrons. The standard InChI is InChI=1S/C17H22FN3O5S/c1-11(22)19-8-14-10-21(17(23)26-14)13-3-4-15(16(18)7-13)12-5-6-27(24,25)20(2)9-12/h3-4,7,12,14H,5-6,8-10H2,1-2H3,(H,19,22)/t12?,14-/m0/s1. The van der Waals surface area contributed by atoms with E-state index < -0.39 is 28.0 Å². The summed E-state index contributed by atoms with van der Waals surface area (Å²) in [6, 6.07) is 4.49. The molecule has 0 radical (unpaired) electrons. The molecule has 1 aromatic rings. The Bertz CT molecular complexity index is 860. The van der Waals surface area contributed by atoms with Crippen molar-refractivity contribution in [3.05, 3.63) is 29.6 Å². The number of anilines is 1. The number of carbonyl (C=O) groups is 2. The van der Waals surface area contributed by atoms with E-state index in [9.17, 15) is 22.4 Å². The van der Waals surface area contributed by atoms with Crippen LogP contribution in [0, 0.1) is 5.82 Å². The van der Waals surface area contributed by atoms with Crippen LogP contribution in [0.3, 0.4) is 0 Å². The second-order valence-corrected chi connectivity index (χ2v) is 9.04. The predicted molar refractivity (Wildman–Crippen MR) is 96.5 cm³/mol. The van der Waals surface area contributed by atoms with E-state index in [1.165, 1.54) is 29.2 Å². The first-order valence-corrected chi connectivity index (χ1v) is 10.2. The number of sulfonamides is 1. The van der Waals surface area contributed by atoms with Gasteiger partial charge in [0.05, 0.1) is 24.5 Å². The highest BCUT2D eigenvalue weighted by Crippen LogP contribution is 2.32. The third kappa shape index (κ3) is 4.22. The predicted octanol–water partition coefficient (Wildman–Crippen LogP) is 1.04. The average molecular weight is 399 g/mol. The van der Waals surface area contributed by atoms with Crippen molar-refractivity contribution in [3.8, 4) is 0 Å². The van der Waals surface area contributed by atoms with E-state index in [1.54, 1.807) is 12.1 Å². The summed E-state index contributed by atoms with van der Waals surface area (Å²) >= 11 is 0. The third-order valence-corrected chi connectivity index (χ3v) is 6.72. The minimum absolute atomic E-state index is 0.0152. The Hall–Kier alpha value is -2.20. The molecule has 0 saturated carbocycles. The maximum Gasteiger partial charge on any atom is 0.414 e. The molecule has 2 atom stereocenters. The lowest BCUT2D eigenvalue weighted by atomic mass is 9.95. The first kappa shape index (κ1) is 19.6. The molecule has 1 aromatic carbocycles. The van der Waals surface area contributed by atoms with Crippen LogP contribution in [0.1, 0.15) is 24.8 Å². The van der Waals surface area contributed by atoms with E-state index in [0.717, 1.165) is 0 Å². The number of ether oxygens (including phenoxy) is 1. The van der Waals surface area contributed by atoms with Crippen LogP contribution < -0.4 is 10.2 Å². The van der Waals surface area contributed by atoms with E-state index >= 15 is 0 Å². The van der Waals surface area contributed by atoms with Crippen LogP contribution >= 0.6 is 0 Å². The van der Waals surface area contributed by atoms with E-state index in [4.69, 9.17) is 4.74 Å². The molecule has 0 bridgehead atoms. The highest BCUT2D eigenvalue weighted by molar-refractivity contribution is 7.89. The molecule has 2 aliphatic rings. The third-order valence-electron chi connectivity index (χ3n) is 4.86. The molecule has 1 unspecified atom stereocenters. The average Bonchev–Trinajstić information content (AvgIpc) is 2.96. The molecule has 2 heterocycles. The fraction of sp³-hybridized carbons (Fsp3) is 0.529. The molecule has 0 aliphatic carbocycles. The molecule has 1 N–H and O–H groups in total. The van der Waals surface area contributed by atoms with Crippen molar-refractivity contribution >= 4 is 27.7 Å². The Morgan fingerprint density at radius 2 is 2.11 bits per heavy atom. The number of nitrogens with one attached hydrogen (secondary N) is 1. The van der Waals surface area contributed by atoms with Gasteiger partial charge in [-0.15, -0.1) is 0 Å². The van der Waals surface area contributed by atoms with Gasteiger partial charge in [-0.1, -0.05) is 6.07 Å². The second-order valence-electron chi connectivity index (χ2n) is 6.84. The van der Waals surface area contributed by atoms with E-state index in [2.05, 4.69) is 5.32 Å². The quantitative estimate of drug-likeness (QED) is 0.816. The van der Waals surface area contributed by atoms with Crippen molar-refractivity contribution in [1.29, 1.82) is 0 Å². The van der Waals surface area contributed by atoms with Crippen LogP contribution in [0.5, 0.6) is 0 Å². The number of benzene rings is 1. The highest BCUT2D eigenvalue weighted by Gasteiger charge is 2.34. The number of nitrogens with zero attached hydrogens (tertiary/aromatic N) is 2. The summed E-state index contributed by atoms with van der Waals surface area (Å²) < 4.78 is 44.7. The summed E-state index contributed by atoms with van der Waals surface area (Å²) in [5.41, 5.74) is 0.797. The van der Waals surface area contributed by atoms with Crippen LogP contribution in [0.15, 0.2) is 18.2 Å². The molecule has 27 heavy (non-hydrogen) atoms. The lowest BCUT2D eigenvalue weighted by Crippen LogP contribution is -2.38. The summed E-state index contributed by atoms with van der Waals surface area (Å²) in [5.74, 6) is -0.952. The van der Waals surface area contributed by atoms with Crippen molar-refractivity contribution in [3.63, 3.8) is 0 Å². The molecule has 3 rings (SSSR count). The molecule has 2 saturated heterocycles. The lowest BCUT2D eigenvalue weighted by Gasteiger charge is -2.30. The van der Waals surface area contributed by atoms with Gasteiger partial charge in [0.2, 0.25) is 15.9 Å². The molecule has 2 aliphatic heterocycles. The first-order valence-electron chi connectivity index (χ1n) is 8.63. The SMILES string of the molecule is CC(=O)NC[C@H]1CN(c2ccc(C3CCS(=O)(=O)N(C)C3)c(F)c2)C(=O)O1. The van der Waals surface area contributed by atoms with Gasteiger partial charge in [0.1, 0.15) is 11.9 Å². The fourth-order valence-electron chi connectivity index (χ4n) is 3.33. The smallest absolute Gasteiger partial charge is 0.414 e. The van der Waals surface area contributed by atoms with Crippen molar-refractivity contribution in [2.45, 2.75) is 25.4 Å². The Morgan fingerprint density at radius 3 is 2.74 bits per heavy atom. The van der Waals surface area contributed by atoms with Crippen molar-refractivity contribution in [2.75, 3.05) is 37.3 Å². The largest absolute Gasteiger partial charge is 0.442 e. The van der Waals surface area contributed by atoms with Crippen LogP contribution in [-0.2, 0) is 19.6 Å². The van der Waals surface area contributed by atoms with Crippen LogP contribution in [-0.4, -0.2) is 63.3 Å². The Labute approximate surface area is 157 Å². The topological polar surface area (TPSA) is 96.0 Å². The van der Waals surface area contributed by atoms with Crippen molar-refractivity contribution in [1.82, 2.24) is 9.62 Å². The number of cyclic esters (lactones) is 1. The zero-order valence-electron chi connectivity index (χ0n) is 15.1. The maximum absolute atomic E-state index is 14.7. The summed E-state index contributed by atoms with van der Waals surface area (Å²) in [7, 11) is -1.76. The monoisotopic (exact) mass is 399 g/mol. The maximum atomic E-state index is 14.7. The van der Waals surface area contributed by atoms with Crippen molar-refractivity contribution in [2.24, 2.45) is 0 Å². The molecule has 2 fully saturated rings. The molecule has 0 spiro atoms. The number of amides is 2. The minimum Gasteiger partial charge on any atom is -0.442 e. The molecular formula is C17H22FN3O5S. The fourth-order valence-corrected chi connectivity index (χ4v) is 4.63. The number of rotatable bonds is 4. The minimum atomic E-state index is -3.25. The molecule has 0 aromatic heterocycles. The van der Waals surface area contributed by atoms with Gasteiger partial charge in [0.25, 0.3) is 0 Å². The van der Waals surface area contributed by atoms with Gasteiger partial charge in [-0.05, 0) is 24.1 Å². The van der Waals surface area contributed by atoms with Gasteiger partial charge >= 0.3 is 6.09 Å². The van der Waals surface area contributed by atoms with Crippen LogP contribution in [0.25, 0.3) is 0 Å². The number of hydrogen-bond acceptors (Lipinski definition) is 5. The van der Waals surface area contributed by atoms with Crippen LogP contribution in [0.4, 0.5) is 14.9 Å². The van der Waals surface area contributed by atoms with Gasteiger partial charge in [0, 0.05) is 26.4 Å². The van der Waals surface area contributed by atoms with Gasteiger partial charge in [0.15, 0.2) is 0 Å². The van der Waals surface area contributed by atoms with Crippen molar-refractivity contribution < 1.29 is 27.1 Å². The molecule has 8 nitrogen and oxygen atoms in total. The normalized spacial score (nSPS) is 25.3. The number of halogens is 1. The summed E-state index contributed by atoms with van der Waals surface area (Å²) in [5, 5.41) is 2.58. The van der Waals surface area contributed by atoms with Gasteiger partial charge in [-0.25, -0.2) is 21.9 Å². The van der Waals surface area contributed by atoms with Crippen LogP contribution in [0.2, 0.25) is 0 Å². The second kappa shape index (κ2) is 7.43. The van der Waals surface area contributed by atoms with E-state index in [-0.39, 0.29) is 37.2 Å². The van der Waals surface area contributed by atoms with E-state index in [0.29, 0.717) is 17.7 Å². The number of carbonyl (C=O) groups excluding carboxylic acids is 2. The lowest BCUT2D eigenvalue weighted by molar-refractivity contribution is -0.119. The summed E-state index contributed by atoms with van der Waals surface area (Å²) in [4.78, 5) is 24.3. The molecule has 10 heteroatoms. The molecular weight excluding hydrogens is 377 g/mol. The van der Waals surface area contributed by atoms with Gasteiger partial charge in [-0.3, -0.25) is 9.69 Å². The first-order chi connectivity index (χ1) is 12.7. The van der Waals surface area contributed by atoms with E-state index in [1.807, 2.05) is 0 Å². The number of hydrogen-bond donors (Lipinski definition) is 1. The molecule has 2 amide bonds. The zero-order valence-corrected chi connectivity index (χ0v) is 16.0. The Morgan fingerprint density at radius 1 is 1.37 bits per heavy atom. The zero-order chi connectivity index (χ0) is 19.8. The Kier molecular flexibility index (Phi) is 5.38. The van der Waals surface area contributed by atoms with Gasteiger partial charge in [-0.2, -0.15) is 0 Å².